The van der Waals surface area contributed by atoms with E-state index in [-0.39, 0.29) is 19.4 Å². The summed E-state index contributed by atoms with van der Waals surface area (Å²) in [5.41, 5.74) is 0. The van der Waals surface area contributed by atoms with E-state index in [9.17, 15) is 29.3 Å². The second kappa shape index (κ2) is 35.8. The molecule has 0 aromatic carbocycles. The van der Waals surface area contributed by atoms with Crippen LogP contribution in [0.3, 0.4) is 0 Å². The van der Waals surface area contributed by atoms with E-state index in [1.807, 2.05) is 18.2 Å². The first-order chi connectivity index (χ1) is 25.5. The molecule has 0 aliphatic carbocycles. The molecule has 0 heterocycles. The molecule has 3 unspecified atom stereocenters. The molecule has 0 amide bonds. The Morgan fingerprint density at radius 1 is 0.679 bits per heavy atom. The zero-order valence-electron chi connectivity index (χ0n) is 33.3. The predicted octanol–water partition coefficient (Wildman–Crippen LogP) is 9.22. The molecule has 53 heavy (non-hydrogen) atoms. The van der Waals surface area contributed by atoms with Gasteiger partial charge in [-0.2, -0.15) is 0 Å². The third kappa shape index (κ3) is 35.6. The van der Waals surface area contributed by atoms with E-state index in [0.717, 1.165) is 63.7 Å². The van der Waals surface area contributed by atoms with Crippen molar-refractivity contribution in [3.05, 3.63) is 36.5 Å². The summed E-state index contributed by atoms with van der Waals surface area (Å²) in [6.45, 7) is 4.46. The van der Waals surface area contributed by atoms with Crippen molar-refractivity contribution in [3.63, 3.8) is 0 Å². The fraction of sp³-hybridized carbons (Fsp3) is 0.805. The Balaban J connectivity index is 4.42. The van der Waals surface area contributed by atoms with Gasteiger partial charge in [0.15, 0.2) is 6.10 Å². The van der Waals surface area contributed by atoms with Crippen LogP contribution in [0.25, 0.3) is 0 Å². The normalized spacial score (nSPS) is 15.5. The lowest BCUT2D eigenvalue weighted by molar-refractivity contribution is -0.161. The third-order valence-corrected chi connectivity index (χ3v) is 9.90. The van der Waals surface area contributed by atoms with Gasteiger partial charge >= 0.3 is 19.8 Å². The van der Waals surface area contributed by atoms with Crippen LogP contribution in [-0.4, -0.2) is 76.9 Å². The summed E-state index contributed by atoms with van der Waals surface area (Å²) >= 11 is 0. The number of carbonyl (C=O) groups is 2. The van der Waals surface area contributed by atoms with Crippen molar-refractivity contribution < 1.29 is 52.9 Å². The largest absolute Gasteiger partial charge is 0.472 e. The van der Waals surface area contributed by atoms with Gasteiger partial charge in [0, 0.05) is 12.8 Å². The fourth-order valence-electron chi connectivity index (χ4n) is 5.39. The quantitative estimate of drug-likeness (QED) is 0.0156. The number of allylic oxidation sites excluding steroid dienone is 5. The molecule has 0 aromatic rings. The van der Waals surface area contributed by atoms with Crippen LogP contribution in [0.15, 0.2) is 36.5 Å². The maximum atomic E-state index is 12.6. The van der Waals surface area contributed by atoms with Gasteiger partial charge in [-0.05, 0) is 38.0 Å². The number of carbonyl (C=O) groups excluding carboxylic acids is 2. The first-order valence-corrected chi connectivity index (χ1v) is 21.9. The van der Waals surface area contributed by atoms with Gasteiger partial charge in [-0.25, -0.2) is 4.57 Å². The molecule has 12 heteroatoms. The molecule has 11 nitrogen and oxygen atoms in total. The standard InChI is InChI=1S/C41H75O11P/c1-4-6-7-8-13-18-23-28-37(43)29-24-19-16-21-25-30-40(45)49-34-39(35-51-53(47,48)50-33-38(44)32-42)52-41(46)31-26-20-15-12-10-9-11-14-17-22-27-36(3)5-2/h6-7,13,18,23,28,36-39,42-44H,4-5,8-12,14-17,19-22,24-27,29-35H2,1-3H3,(H,47,48)/b7-6+,18-13+,28-23+/t36?,37?,38-,39+/m0/s1. The number of unbranched alkanes of at least 4 members (excludes halogenated alkanes) is 13. The van der Waals surface area contributed by atoms with E-state index >= 15 is 0 Å². The van der Waals surface area contributed by atoms with Crippen LogP contribution in [0.2, 0.25) is 0 Å². The van der Waals surface area contributed by atoms with Crippen LogP contribution in [0.4, 0.5) is 0 Å². The Morgan fingerprint density at radius 2 is 1.23 bits per heavy atom. The van der Waals surface area contributed by atoms with Gasteiger partial charge < -0.3 is 29.7 Å². The maximum Gasteiger partial charge on any atom is 0.472 e. The molecule has 0 aliphatic heterocycles. The molecule has 0 spiro atoms. The average molecular weight is 775 g/mol. The lowest BCUT2D eigenvalue weighted by Crippen LogP contribution is -2.29. The summed E-state index contributed by atoms with van der Waals surface area (Å²) < 4.78 is 32.6. The highest BCUT2D eigenvalue weighted by atomic mass is 31.2. The lowest BCUT2D eigenvalue weighted by atomic mass is 9.99. The summed E-state index contributed by atoms with van der Waals surface area (Å²) in [5.74, 6) is -0.172. The van der Waals surface area contributed by atoms with E-state index in [0.29, 0.717) is 19.3 Å². The first kappa shape index (κ1) is 51.1. The SMILES string of the molecule is CC/C=C/C/C=C/C=C/C(O)CCCCCCCC(=O)OC[C@H](COP(=O)(O)OC[C@@H](O)CO)OC(=O)CCCCCCCCCCCCC(C)CC. The van der Waals surface area contributed by atoms with Crippen LogP contribution >= 0.6 is 7.82 Å². The summed E-state index contributed by atoms with van der Waals surface area (Å²) in [5, 5.41) is 28.4. The highest BCUT2D eigenvalue weighted by Crippen LogP contribution is 2.43. The van der Waals surface area contributed by atoms with Gasteiger partial charge in [-0.1, -0.05) is 154 Å². The summed E-state index contributed by atoms with van der Waals surface area (Å²) in [6, 6.07) is 0. The molecule has 0 saturated carbocycles. The molecule has 0 saturated heterocycles. The minimum atomic E-state index is -4.64. The molecule has 0 rings (SSSR count). The van der Waals surface area contributed by atoms with Gasteiger partial charge in [0.25, 0.3) is 0 Å². The summed E-state index contributed by atoms with van der Waals surface area (Å²) in [6.07, 6.45) is 29.9. The van der Waals surface area contributed by atoms with Gasteiger partial charge in [-0.3, -0.25) is 18.6 Å². The molecule has 0 aromatic heterocycles. The second-order valence-electron chi connectivity index (χ2n) is 14.1. The zero-order valence-corrected chi connectivity index (χ0v) is 34.1. The van der Waals surface area contributed by atoms with Crippen molar-refractivity contribution in [2.45, 2.75) is 180 Å². The van der Waals surface area contributed by atoms with Gasteiger partial charge in [0.2, 0.25) is 0 Å². The number of aliphatic hydroxyl groups is 3. The molecular weight excluding hydrogens is 699 g/mol. The third-order valence-electron chi connectivity index (χ3n) is 8.95. The van der Waals surface area contributed by atoms with Crippen LogP contribution in [0.1, 0.15) is 162 Å². The maximum absolute atomic E-state index is 12.6. The van der Waals surface area contributed by atoms with Crippen LogP contribution in [0, 0.1) is 5.92 Å². The molecule has 4 N–H and O–H groups in total. The minimum absolute atomic E-state index is 0.165. The zero-order chi connectivity index (χ0) is 39.4. The van der Waals surface area contributed by atoms with E-state index in [1.54, 1.807) is 6.08 Å². The summed E-state index contributed by atoms with van der Waals surface area (Å²) in [4.78, 5) is 34.9. The van der Waals surface area contributed by atoms with Crippen LogP contribution in [-0.2, 0) is 32.7 Å². The number of hydrogen-bond donors (Lipinski definition) is 4. The Morgan fingerprint density at radius 3 is 1.81 bits per heavy atom. The van der Waals surface area contributed by atoms with Gasteiger partial charge in [0.05, 0.1) is 25.9 Å². The van der Waals surface area contributed by atoms with Crippen molar-refractivity contribution in [2.24, 2.45) is 5.92 Å². The van der Waals surface area contributed by atoms with E-state index in [1.165, 1.54) is 51.4 Å². The summed E-state index contributed by atoms with van der Waals surface area (Å²) in [7, 11) is -4.64. The minimum Gasteiger partial charge on any atom is -0.462 e. The predicted molar refractivity (Wildman–Crippen MR) is 211 cm³/mol. The van der Waals surface area contributed by atoms with Crippen molar-refractivity contribution in [2.75, 3.05) is 26.4 Å². The fourth-order valence-corrected chi connectivity index (χ4v) is 6.18. The Hall–Kier alpha value is -1.85. The number of aliphatic hydroxyl groups excluding tert-OH is 3. The average Bonchev–Trinajstić information content (AvgIpc) is 3.14. The number of phosphoric ester groups is 1. The molecule has 0 bridgehead atoms. The van der Waals surface area contributed by atoms with Crippen molar-refractivity contribution in [1.29, 1.82) is 0 Å². The first-order valence-electron chi connectivity index (χ1n) is 20.4. The topological polar surface area (TPSA) is 169 Å². The van der Waals surface area contributed by atoms with Gasteiger partial charge in [0.1, 0.15) is 12.7 Å². The Kier molecular flexibility index (Phi) is 34.6. The highest BCUT2D eigenvalue weighted by molar-refractivity contribution is 7.47. The molecule has 310 valence electrons. The molecule has 0 fully saturated rings. The second-order valence-corrected chi connectivity index (χ2v) is 15.5. The number of rotatable bonds is 37. The molecule has 0 radical (unpaired) electrons. The molecular formula is C41H75O11P. The van der Waals surface area contributed by atoms with Gasteiger partial charge in [-0.15, -0.1) is 0 Å². The number of esters is 2. The number of phosphoric acid groups is 1. The van der Waals surface area contributed by atoms with E-state index in [2.05, 4.69) is 37.4 Å². The molecule has 0 aliphatic rings. The van der Waals surface area contributed by atoms with E-state index in [4.69, 9.17) is 19.1 Å². The van der Waals surface area contributed by atoms with Crippen molar-refractivity contribution >= 4 is 19.8 Å². The van der Waals surface area contributed by atoms with Crippen LogP contribution < -0.4 is 0 Å². The number of ether oxygens (including phenoxy) is 2. The smallest absolute Gasteiger partial charge is 0.462 e. The van der Waals surface area contributed by atoms with Crippen molar-refractivity contribution in [1.82, 2.24) is 0 Å². The van der Waals surface area contributed by atoms with Crippen molar-refractivity contribution in [3.8, 4) is 0 Å². The number of hydrogen-bond acceptors (Lipinski definition) is 10. The Labute approximate surface area is 321 Å². The lowest BCUT2D eigenvalue weighted by Gasteiger charge is -2.20. The Bertz CT molecular complexity index is 1020. The highest BCUT2D eigenvalue weighted by Gasteiger charge is 2.27. The monoisotopic (exact) mass is 775 g/mol. The van der Waals surface area contributed by atoms with Crippen LogP contribution in [0.5, 0.6) is 0 Å². The molecule has 5 atom stereocenters. The van der Waals surface area contributed by atoms with E-state index < -0.39 is 57.9 Å².